The summed E-state index contributed by atoms with van der Waals surface area (Å²) < 4.78 is 40.6. The molecule has 0 radical (unpaired) electrons. The van der Waals surface area contributed by atoms with Crippen LogP contribution in [0.1, 0.15) is 29.3 Å². The monoisotopic (exact) mass is 629 g/mol. The van der Waals surface area contributed by atoms with Gasteiger partial charge in [0.2, 0.25) is 10.0 Å². The molecule has 0 spiro atoms. The minimum atomic E-state index is -3.74. The molecule has 1 aliphatic heterocycles. The Morgan fingerprint density at radius 3 is 2.26 bits per heavy atom. The SMILES string of the molecule is CCN(Cc1ccccc1)S(=O)(=O)c1ccc(C(=O)N(CCCN(C)C)c2nc3cc4c(cc3s2)OCCO4)cc1.[Cl-]. The maximum atomic E-state index is 13.8. The zero-order chi connectivity index (χ0) is 29.0. The van der Waals surface area contributed by atoms with Gasteiger partial charge in [0.25, 0.3) is 5.91 Å². The average molecular weight is 630 g/mol. The van der Waals surface area contributed by atoms with E-state index in [1.165, 1.54) is 27.8 Å². The fourth-order valence-corrected chi connectivity index (χ4v) is 7.06. The third kappa shape index (κ3) is 7.04. The number of anilines is 1. The van der Waals surface area contributed by atoms with Crippen LogP contribution in [0.4, 0.5) is 5.13 Å². The van der Waals surface area contributed by atoms with Crippen molar-refractivity contribution in [3.05, 3.63) is 77.9 Å². The molecule has 4 aromatic rings. The first-order chi connectivity index (χ1) is 19.8. The number of amides is 1. The molecule has 1 amide bonds. The number of carbonyl (C=O) groups excluding carboxylic acids is 1. The van der Waals surface area contributed by atoms with Crippen LogP contribution in [0.5, 0.6) is 11.5 Å². The number of hydrogen-bond acceptors (Lipinski definition) is 8. The highest BCUT2D eigenvalue weighted by Gasteiger charge is 2.26. The van der Waals surface area contributed by atoms with Gasteiger partial charge in [-0.25, -0.2) is 13.4 Å². The van der Waals surface area contributed by atoms with Crippen LogP contribution >= 0.6 is 11.3 Å². The minimum Gasteiger partial charge on any atom is -1.00 e. The van der Waals surface area contributed by atoms with E-state index in [2.05, 4.69) is 4.90 Å². The van der Waals surface area contributed by atoms with Crippen LogP contribution in [0.25, 0.3) is 10.2 Å². The molecule has 0 saturated carbocycles. The second-order valence-corrected chi connectivity index (χ2v) is 13.0. The number of nitrogens with zero attached hydrogens (tertiary/aromatic N) is 4. The summed E-state index contributed by atoms with van der Waals surface area (Å²) in [4.78, 5) is 22.5. The Morgan fingerprint density at radius 1 is 0.952 bits per heavy atom. The fourth-order valence-electron chi connectivity index (χ4n) is 4.63. The molecule has 12 heteroatoms. The van der Waals surface area contributed by atoms with E-state index >= 15 is 0 Å². The van der Waals surface area contributed by atoms with Crippen molar-refractivity contribution >= 4 is 42.6 Å². The predicted molar refractivity (Wildman–Crippen MR) is 162 cm³/mol. The second-order valence-electron chi connectivity index (χ2n) is 10.0. The van der Waals surface area contributed by atoms with Crippen molar-refractivity contribution in [1.82, 2.24) is 14.2 Å². The Balaban J connectivity index is 0.00000405. The highest BCUT2D eigenvalue weighted by atomic mass is 35.5. The number of halogens is 1. The molecule has 1 aliphatic rings. The molecule has 9 nitrogen and oxygen atoms in total. The van der Waals surface area contributed by atoms with Crippen LogP contribution in [-0.2, 0) is 16.6 Å². The molecular weight excluding hydrogens is 596 g/mol. The van der Waals surface area contributed by atoms with Gasteiger partial charge in [0.05, 0.1) is 15.1 Å². The number of thiazole rings is 1. The summed E-state index contributed by atoms with van der Waals surface area (Å²) in [5, 5.41) is 0.572. The summed E-state index contributed by atoms with van der Waals surface area (Å²) in [6, 6.07) is 19.4. The van der Waals surface area contributed by atoms with Crippen LogP contribution < -0.4 is 26.8 Å². The molecule has 42 heavy (non-hydrogen) atoms. The van der Waals surface area contributed by atoms with E-state index in [9.17, 15) is 13.2 Å². The lowest BCUT2D eigenvalue weighted by atomic mass is 10.2. The Kier molecular flexibility index (Phi) is 10.4. The molecule has 0 bridgehead atoms. The zero-order valence-corrected chi connectivity index (χ0v) is 26.2. The highest BCUT2D eigenvalue weighted by Crippen LogP contribution is 2.39. The Labute approximate surface area is 257 Å². The van der Waals surface area contributed by atoms with Crippen LogP contribution in [0.3, 0.4) is 0 Å². The number of ether oxygens (including phenoxy) is 2. The van der Waals surface area contributed by atoms with E-state index in [0.717, 1.165) is 28.7 Å². The maximum Gasteiger partial charge on any atom is 0.260 e. The smallest absolute Gasteiger partial charge is 0.260 e. The number of rotatable bonds is 11. The van der Waals surface area contributed by atoms with E-state index in [0.29, 0.717) is 48.5 Å². The largest absolute Gasteiger partial charge is 1.00 e. The summed E-state index contributed by atoms with van der Waals surface area (Å²) in [6.45, 7) is 4.66. The lowest BCUT2D eigenvalue weighted by Gasteiger charge is -2.22. The quantitative estimate of drug-likeness (QED) is 0.250. The Bertz CT molecular complexity index is 1570. The second kappa shape index (κ2) is 13.8. The molecule has 0 atom stereocenters. The van der Waals surface area contributed by atoms with Gasteiger partial charge in [-0.3, -0.25) is 9.69 Å². The van der Waals surface area contributed by atoms with Crippen molar-refractivity contribution in [2.75, 3.05) is 51.8 Å². The molecule has 1 aromatic heterocycles. The minimum absolute atomic E-state index is 0. The predicted octanol–water partition coefficient (Wildman–Crippen LogP) is 1.88. The maximum absolute atomic E-state index is 13.8. The van der Waals surface area contributed by atoms with Crippen LogP contribution in [-0.4, -0.2) is 75.5 Å². The van der Waals surface area contributed by atoms with Crippen LogP contribution in [0.2, 0.25) is 0 Å². The van der Waals surface area contributed by atoms with E-state index in [4.69, 9.17) is 14.5 Å². The third-order valence-corrected chi connectivity index (χ3v) is 9.77. The zero-order valence-electron chi connectivity index (χ0n) is 23.8. The lowest BCUT2D eigenvalue weighted by molar-refractivity contribution is -0.0000190. The molecule has 0 saturated heterocycles. The number of sulfonamides is 1. The molecular formula is C30H34ClN4O5S2-. The first-order valence-electron chi connectivity index (χ1n) is 13.6. The lowest BCUT2D eigenvalue weighted by Crippen LogP contribution is -3.00. The van der Waals surface area contributed by atoms with Gasteiger partial charge in [-0.15, -0.1) is 0 Å². The van der Waals surface area contributed by atoms with Gasteiger partial charge >= 0.3 is 0 Å². The normalized spacial score (nSPS) is 12.9. The number of carbonyl (C=O) groups is 1. The molecule has 3 aromatic carbocycles. The van der Waals surface area contributed by atoms with Crippen molar-refractivity contribution in [3.8, 4) is 11.5 Å². The third-order valence-electron chi connectivity index (χ3n) is 6.80. The summed E-state index contributed by atoms with van der Waals surface area (Å²) in [5.41, 5.74) is 2.04. The van der Waals surface area contributed by atoms with E-state index in [1.807, 2.05) is 63.5 Å². The molecule has 0 fully saturated rings. The van der Waals surface area contributed by atoms with Crippen molar-refractivity contribution < 1.29 is 35.1 Å². The topological polar surface area (TPSA) is 92.3 Å². The number of hydrogen-bond donors (Lipinski definition) is 0. The standard InChI is InChI=1S/C30H34N4O5S2.ClH/c1-4-33(21-22-9-6-5-7-10-22)41(36,37)24-13-11-23(12-14-24)29(35)34(16-8-15-32(2)3)30-31-25-19-26-27(20-28(25)40-30)39-18-17-38-26;/h5-7,9-14,19-20H,4,8,15-18,21H2,1-3H3;1H/p-1. The van der Waals surface area contributed by atoms with Crippen molar-refractivity contribution in [3.63, 3.8) is 0 Å². The first-order valence-corrected chi connectivity index (χ1v) is 15.8. The van der Waals surface area contributed by atoms with Crippen LogP contribution in [0.15, 0.2) is 71.6 Å². The van der Waals surface area contributed by atoms with E-state index in [1.54, 1.807) is 17.0 Å². The van der Waals surface area contributed by atoms with Gasteiger partial charge in [0, 0.05) is 37.3 Å². The number of benzene rings is 3. The van der Waals surface area contributed by atoms with Crippen molar-refractivity contribution in [1.29, 1.82) is 0 Å². The summed E-state index contributed by atoms with van der Waals surface area (Å²) >= 11 is 1.42. The molecule has 0 aliphatic carbocycles. The molecule has 5 rings (SSSR count). The van der Waals surface area contributed by atoms with Gasteiger partial charge in [0.1, 0.15) is 13.2 Å². The van der Waals surface area contributed by atoms with Crippen molar-refractivity contribution in [2.24, 2.45) is 0 Å². The Morgan fingerprint density at radius 2 is 1.62 bits per heavy atom. The van der Waals surface area contributed by atoms with Crippen molar-refractivity contribution in [2.45, 2.75) is 24.8 Å². The van der Waals surface area contributed by atoms with Gasteiger partial charge in [-0.1, -0.05) is 48.6 Å². The molecule has 0 unspecified atom stereocenters. The molecule has 224 valence electrons. The van der Waals surface area contributed by atoms with E-state index in [-0.39, 0.29) is 29.8 Å². The van der Waals surface area contributed by atoms with E-state index < -0.39 is 10.0 Å². The number of aromatic nitrogens is 1. The van der Waals surface area contributed by atoms with Gasteiger partial charge in [-0.2, -0.15) is 4.31 Å². The van der Waals surface area contributed by atoms with Crippen LogP contribution in [0, 0.1) is 0 Å². The summed E-state index contributed by atoms with van der Waals surface area (Å²) in [7, 11) is 0.237. The Hall–Kier alpha value is -3.22. The summed E-state index contributed by atoms with van der Waals surface area (Å²) in [6.07, 6.45) is 0.745. The molecule has 2 heterocycles. The molecule has 0 N–H and O–H groups in total. The average Bonchev–Trinajstić information content (AvgIpc) is 3.39. The summed E-state index contributed by atoms with van der Waals surface area (Å²) in [5.74, 6) is 1.09. The highest BCUT2D eigenvalue weighted by molar-refractivity contribution is 7.89. The van der Waals surface area contributed by atoms with Gasteiger partial charge < -0.3 is 26.8 Å². The van der Waals surface area contributed by atoms with Gasteiger partial charge in [0.15, 0.2) is 16.6 Å². The fraction of sp³-hybridized carbons (Fsp3) is 0.333. The van der Waals surface area contributed by atoms with Gasteiger partial charge in [-0.05, 0) is 56.9 Å². The first kappa shape index (κ1) is 31.7. The number of fused-ring (bicyclic) bond motifs is 2.